The fourth-order valence-electron chi connectivity index (χ4n) is 4.89. The van der Waals surface area contributed by atoms with Crippen molar-refractivity contribution in [3.8, 4) is 11.1 Å². The van der Waals surface area contributed by atoms with Gasteiger partial charge in [0.2, 0.25) is 5.91 Å². The van der Waals surface area contributed by atoms with Crippen molar-refractivity contribution in [3.05, 3.63) is 77.0 Å². The van der Waals surface area contributed by atoms with Crippen molar-refractivity contribution in [2.75, 3.05) is 29.9 Å². The third kappa shape index (κ3) is 6.03. The number of amides is 1. The molecule has 2 atom stereocenters. The summed E-state index contributed by atoms with van der Waals surface area (Å²) in [5.74, 6) is -0.350. The van der Waals surface area contributed by atoms with E-state index in [0.29, 0.717) is 29.1 Å². The molecule has 0 bridgehead atoms. The number of halogens is 6. The number of aryl methyl sites for hydroxylation is 1. The van der Waals surface area contributed by atoms with Gasteiger partial charge in [-0.05, 0) is 61.7 Å². The number of aliphatic hydroxyl groups excluding tert-OH is 2. The maximum atomic E-state index is 13.8. The van der Waals surface area contributed by atoms with Crippen LogP contribution in [0.3, 0.4) is 0 Å². The lowest BCUT2D eigenvalue weighted by Gasteiger charge is -2.32. The molecule has 2 N–H and O–H groups in total. The minimum absolute atomic E-state index is 0.0267. The molecular formula is C29H29F6N3O3. The second-order valence-electron chi connectivity index (χ2n) is 10.7. The first-order chi connectivity index (χ1) is 18.9. The molecule has 0 saturated carbocycles. The van der Waals surface area contributed by atoms with E-state index >= 15 is 0 Å². The second kappa shape index (κ2) is 10.6. The number of aromatic nitrogens is 1. The number of pyridine rings is 1. The Kier molecular flexibility index (Phi) is 7.87. The third-order valence-corrected chi connectivity index (χ3v) is 7.40. The molecule has 41 heavy (non-hydrogen) atoms. The first kappa shape index (κ1) is 30.3. The zero-order valence-corrected chi connectivity index (χ0v) is 22.7. The Morgan fingerprint density at radius 2 is 1.39 bits per heavy atom. The SMILES string of the molecule is Cc1ccccc1-c1cc(N2C[C@@H](O)[C@@H](O)C2)ncc1N(C)C(=O)C(C)(C)c1cc(C(F)(F)F)cc(C(F)(F)F)c1. The maximum absolute atomic E-state index is 13.8. The average Bonchev–Trinajstić information content (AvgIpc) is 3.24. The normalized spacial score (nSPS) is 18.1. The van der Waals surface area contributed by atoms with Crippen LogP contribution in [0.2, 0.25) is 0 Å². The van der Waals surface area contributed by atoms with Crippen LogP contribution in [0, 0.1) is 6.92 Å². The number of alkyl halides is 6. The van der Waals surface area contributed by atoms with E-state index in [-0.39, 0.29) is 24.8 Å². The number of aliphatic hydroxyl groups is 2. The van der Waals surface area contributed by atoms with Crippen LogP contribution in [0.1, 0.15) is 36.1 Å². The van der Waals surface area contributed by atoms with Gasteiger partial charge in [0.1, 0.15) is 5.82 Å². The molecule has 0 spiro atoms. The highest BCUT2D eigenvalue weighted by molar-refractivity contribution is 6.03. The number of β-amino-alcohol motifs (C(OH)–C–C–N with tert-alkyl or cyclic N) is 2. The van der Waals surface area contributed by atoms with E-state index in [1.54, 1.807) is 23.1 Å². The molecule has 1 aromatic heterocycles. The second-order valence-corrected chi connectivity index (χ2v) is 10.7. The van der Waals surface area contributed by atoms with Gasteiger partial charge in [0.15, 0.2) is 0 Å². The van der Waals surface area contributed by atoms with Gasteiger partial charge < -0.3 is 20.0 Å². The number of hydrogen-bond donors (Lipinski definition) is 2. The lowest BCUT2D eigenvalue weighted by Crippen LogP contribution is -2.42. The zero-order valence-electron chi connectivity index (χ0n) is 22.7. The highest BCUT2D eigenvalue weighted by Crippen LogP contribution is 2.41. The predicted molar refractivity (Wildman–Crippen MR) is 142 cm³/mol. The summed E-state index contributed by atoms with van der Waals surface area (Å²) in [6.45, 7) is 4.63. The molecule has 0 radical (unpaired) electrons. The summed E-state index contributed by atoms with van der Waals surface area (Å²) in [5.41, 5.74) is -2.93. The topological polar surface area (TPSA) is 76.9 Å². The Bertz CT molecular complexity index is 1410. The number of likely N-dealkylation sites (N-methyl/N-ethyl adjacent to an activating group) is 1. The number of carbonyl (C=O) groups excluding carboxylic acids is 1. The highest BCUT2D eigenvalue weighted by atomic mass is 19.4. The first-order valence-corrected chi connectivity index (χ1v) is 12.7. The Hall–Kier alpha value is -3.64. The van der Waals surface area contributed by atoms with Gasteiger partial charge in [-0.2, -0.15) is 26.3 Å². The van der Waals surface area contributed by atoms with E-state index < -0.39 is 52.6 Å². The van der Waals surface area contributed by atoms with E-state index in [0.717, 1.165) is 5.56 Å². The third-order valence-electron chi connectivity index (χ3n) is 7.40. The van der Waals surface area contributed by atoms with E-state index in [9.17, 15) is 41.4 Å². The van der Waals surface area contributed by atoms with Crippen molar-refractivity contribution >= 4 is 17.4 Å². The largest absolute Gasteiger partial charge is 0.416 e. The van der Waals surface area contributed by atoms with Crippen molar-refractivity contribution in [2.45, 2.75) is 50.7 Å². The van der Waals surface area contributed by atoms with Gasteiger partial charge in [-0.15, -0.1) is 0 Å². The van der Waals surface area contributed by atoms with E-state index in [1.165, 1.54) is 32.0 Å². The number of nitrogens with zero attached hydrogens (tertiary/aromatic N) is 3. The summed E-state index contributed by atoms with van der Waals surface area (Å²) in [4.78, 5) is 21.1. The van der Waals surface area contributed by atoms with Gasteiger partial charge in [-0.25, -0.2) is 4.98 Å². The van der Waals surface area contributed by atoms with E-state index in [1.807, 2.05) is 19.1 Å². The van der Waals surface area contributed by atoms with Gasteiger partial charge in [0, 0.05) is 25.7 Å². The summed E-state index contributed by atoms with van der Waals surface area (Å²) in [7, 11) is 1.38. The Morgan fingerprint density at radius 1 is 0.878 bits per heavy atom. The van der Waals surface area contributed by atoms with Gasteiger partial charge in [0.05, 0.1) is 40.6 Å². The summed E-state index contributed by atoms with van der Waals surface area (Å²) in [6.07, 6.45) is -10.7. The fourth-order valence-corrected chi connectivity index (χ4v) is 4.89. The Labute approximate surface area is 232 Å². The molecule has 1 aliphatic heterocycles. The van der Waals surface area contributed by atoms with Crippen LogP contribution in [0.15, 0.2) is 54.7 Å². The lowest BCUT2D eigenvalue weighted by atomic mass is 9.81. The van der Waals surface area contributed by atoms with Crippen molar-refractivity contribution in [1.29, 1.82) is 0 Å². The van der Waals surface area contributed by atoms with Crippen molar-refractivity contribution in [1.82, 2.24) is 4.98 Å². The maximum Gasteiger partial charge on any atom is 0.416 e. The number of rotatable bonds is 5. The molecule has 12 heteroatoms. The molecule has 1 saturated heterocycles. The number of benzene rings is 2. The standard InChI is InChI=1S/C29H29F6N3O3/c1-16-7-5-6-8-20(16)21-12-25(38-14-23(39)24(40)15-38)36-13-22(21)37(4)26(41)27(2,3)17-9-18(28(30,31)32)11-19(10-17)29(33,34)35/h5-13,23-24,39-40H,14-15H2,1-4H3/t23-,24+. The Morgan fingerprint density at radius 3 is 1.90 bits per heavy atom. The predicted octanol–water partition coefficient (Wildman–Crippen LogP) is 5.58. The molecule has 1 aliphatic rings. The van der Waals surface area contributed by atoms with Crippen molar-refractivity contribution in [3.63, 3.8) is 0 Å². The van der Waals surface area contributed by atoms with Crippen LogP contribution in [0.4, 0.5) is 37.8 Å². The van der Waals surface area contributed by atoms with Gasteiger partial charge in [0.25, 0.3) is 0 Å². The van der Waals surface area contributed by atoms with Crippen LogP contribution in [-0.2, 0) is 22.6 Å². The Balaban J connectivity index is 1.81. The van der Waals surface area contributed by atoms with Gasteiger partial charge in [-0.1, -0.05) is 24.3 Å². The van der Waals surface area contributed by atoms with Crippen LogP contribution in [0.25, 0.3) is 11.1 Å². The molecule has 6 nitrogen and oxygen atoms in total. The fraction of sp³-hybridized carbons (Fsp3) is 0.379. The first-order valence-electron chi connectivity index (χ1n) is 12.7. The number of carbonyl (C=O) groups is 1. The minimum atomic E-state index is -5.06. The molecule has 1 amide bonds. The highest BCUT2D eigenvalue weighted by Gasteiger charge is 2.41. The molecule has 0 aliphatic carbocycles. The number of hydrogen-bond acceptors (Lipinski definition) is 5. The molecule has 3 aromatic rings. The van der Waals surface area contributed by atoms with Crippen molar-refractivity contribution < 1.29 is 41.4 Å². The summed E-state index contributed by atoms with van der Waals surface area (Å²) in [6, 6.07) is 10.1. The van der Waals surface area contributed by atoms with Crippen LogP contribution < -0.4 is 9.80 Å². The van der Waals surface area contributed by atoms with E-state index in [2.05, 4.69) is 4.98 Å². The molecule has 2 heterocycles. The van der Waals surface area contributed by atoms with E-state index in [4.69, 9.17) is 0 Å². The van der Waals surface area contributed by atoms with Crippen LogP contribution >= 0.6 is 0 Å². The summed E-state index contributed by atoms with van der Waals surface area (Å²) < 4.78 is 81.2. The van der Waals surface area contributed by atoms with Crippen molar-refractivity contribution in [2.24, 2.45) is 0 Å². The molecule has 4 rings (SSSR count). The molecule has 1 fully saturated rings. The molecule has 2 aromatic carbocycles. The molecule has 0 unspecified atom stereocenters. The zero-order chi connectivity index (χ0) is 30.5. The quantitative estimate of drug-likeness (QED) is 0.385. The van der Waals surface area contributed by atoms with Crippen LogP contribution in [-0.4, -0.2) is 53.4 Å². The molecule has 220 valence electrons. The monoisotopic (exact) mass is 581 g/mol. The molecular weight excluding hydrogens is 552 g/mol. The summed E-state index contributed by atoms with van der Waals surface area (Å²) in [5, 5.41) is 20.0. The van der Waals surface area contributed by atoms with Crippen LogP contribution in [0.5, 0.6) is 0 Å². The smallest absolute Gasteiger partial charge is 0.389 e. The minimum Gasteiger partial charge on any atom is -0.389 e. The van der Waals surface area contributed by atoms with Gasteiger partial charge in [-0.3, -0.25) is 4.79 Å². The summed E-state index contributed by atoms with van der Waals surface area (Å²) >= 11 is 0. The lowest BCUT2D eigenvalue weighted by molar-refractivity contribution is -0.143. The average molecular weight is 582 g/mol. The van der Waals surface area contributed by atoms with Gasteiger partial charge >= 0.3 is 12.4 Å². The number of anilines is 2.